The number of hydrogen-bond donors (Lipinski definition) is 6. The average molecular weight is 681 g/mol. The molecule has 5 amide bonds. The summed E-state index contributed by atoms with van der Waals surface area (Å²) < 4.78 is 11.1. The molecule has 0 unspecified atom stereocenters. The Bertz CT molecular complexity index is 1890. The molecule has 2 aliphatic heterocycles. The summed E-state index contributed by atoms with van der Waals surface area (Å²) >= 11 is 0. The molecule has 3 aliphatic rings. The maximum Gasteiger partial charge on any atom is 0.268 e. The Morgan fingerprint density at radius 1 is 0.920 bits per heavy atom. The van der Waals surface area contributed by atoms with Crippen molar-refractivity contribution in [2.24, 2.45) is 0 Å². The summed E-state index contributed by atoms with van der Waals surface area (Å²) in [6.45, 7) is 1.91. The minimum absolute atomic E-state index is 0.109. The fraction of sp³-hybridized carbons (Fsp3) is 0.324. The van der Waals surface area contributed by atoms with Crippen molar-refractivity contribution >= 4 is 40.4 Å². The lowest BCUT2D eigenvalue weighted by Gasteiger charge is -2.25. The highest BCUT2D eigenvalue weighted by molar-refractivity contribution is 6.01. The zero-order valence-corrected chi connectivity index (χ0v) is 27.8. The fourth-order valence-corrected chi connectivity index (χ4v) is 5.86. The first-order valence-corrected chi connectivity index (χ1v) is 16.6. The summed E-state index contributed by atoms with van der Waals surface area (Å²) in [7, 11) is 1.56. The standard InChI is InChI=1S/C37H40N6O7/c1-22-32(44)41-30(18-23-6-4-3-5-7-23)35(47)43-37(14-15-37)36(48)38-16-17-50-26-10-8-24(9-11-26)19-29(33(45)39-22)42-34(46)31-21-25-20-27(49-2)12-13-28(25)40-31/h3-13,20-22,29-30,40H,14-19H2,1-2H3,(H,38,48)(H,39,45)(H,41,44)(H,42,46)(H,43,47)/t22-,29-,30+/m0/s1. The highest BCUT2D eigenvalue weighted by Crippen LogP contribution is 2.35. The van der Waals surface area contributed by atoms with Gasteiger partial charge in [0.2, 0.25) is 23.6 Å². The molecular formula is C37H40N6O7. The second-order valence-electron chi connectivity index (χ2n) is 12.7. The molecule has 6 N–H and O–H groups in total. The Balaban J connectivity index is 1.24. The fourth-order valence-electron chi connectivity index (χ4n) is 5.86. The largest absolute Gasteiger partial charge is 0.497 e. The van der Waals surface area contributed by atoms with E-state index in [0.717, 1.165) is 22.0 Å². The van der Waals surface area contributed by atoms with Crippen LogP contribution in [0.5, 0.6) is 11.5 Å². The number of carbonyl (C=O) groups excluding carboxylic acids is 5. The molecule has 4 aromatic rings. The lowest BCUT2D eigenvalue weighted by Crippen LogP contribution is -2.59. The Morgan fingerprint density at radius 3 is 2.40 bits per heavy atom. The topological polar surface area (TPSA) is 180 Å². The summed E-state index contributed by atoms with van der Waals surface area (Å²) in [6.07, 6.45) is 1.20. The summed E-state index contributed by atoms with van der Waals surface area (Å²) in [6, 6.07) is 20.1. The molecule has 0 radical (unpaired) electrons. The summed E-state index contributed by atoms with van der Waals surface area (Å²) in [5.74, 6) is -1.34. The van der Waals surface area contributed by atoms with Gasteiger partial charge >= 0.3 is 0 Å². The number of carbonyl (C=O) groups is 5. The van der Waals surface area contributed by atoms with E-state index in [1.807, 2.05) is 30.3 Å². The zero-order valence-electron chi connectivity index (χ0n) is 27.8. The summed E-state index contributed by atoms with van der Waals surface area (Å²) in [4.78, 5) is 70.5. The third-order valence-corrected chi connectivity index (χ3v) is 8.93. The number of H-pyrrole nitrogens is 1. The Labute approximate surface area is 288 Å². The normalized spacial score (nSPS) is 21.3. The predicted molar refractivity (Wildman–Crippen MR) is 185 cm³/mol. The lowest BCUT2D eigenvalue weighted by atomic mass is 10.0. The van der Waals surface area contributed by atoms with Gasteiger partial charge in [-0.05, 0) is 67.3 Å². The second kappa shape index (κ2) is 14.7. The quantitative estimate of drug-likeness (QED) is 0.174. The molecule has 3 heterocycles. The van der Waals surface area contributed by atoms with E-state index >= 15 is 0 Å². The summed E-state index contributed by atoms with van der Waals surface area (Å²) in [5, 5.41) is 14.8. The number of aromatic nitrogens is 1. The van der Waals surface area contributed by atoms with Gasteiger partial charge in [-0.2, -0.15) is 0 Å². The van der Waals surface area contributed by atoms with E-state index in [0.29, 0.717) is 24.3 Å². The van der Waals surface area contributed by atoms with Gasteiger partial charge in [-0.3, -0.25) is 24.0 Å². The van der Waals surface area contributed by atoms with Crippen LogP contribution in [0.4, 0.5) is 0 Å². The molecule has 50 heavy (non-hydrogen) atoms. The minimum atomic E-state index is -1.08. The molecule has 13 nitrogen and oxygen atoms in total. The first-order chi connectivity index (χ1) is 24.1. The van der Waals surface area contributed by atoms with Crippen molar-refractivity contribution in [2.45, 2.75) is 56.3 Å². The van der Waals surface area contributed by atoms with Crippen molar-refractivity contribution in [1.82, 2.24) is 31.6 Å². The van der Waals surface area contributed by atoms with Crippen LogP contribution in [0.25, 0.3) is 10.9 Å². The lowest BCUT2D eigenvalue weighted by molar-refractivity contribution is -0.134. The summed E-state index contributed by atoms with van der Waals surface area (Å²) in [5.41, 5.74) is 1.43. The number of benzene rings is 3. The van der Waals surface area contributed by atoms with Crippen LogP contribution in [-0.2, 0) is 32.0 Å². The third-order valence-electron chi connectivity index (χ3n) is 8.93. The van der Waals surface area contributed by atoms with Crippen LogP contribution in [0.1, 0.15) is 41.4 Å². The van der Waals surface area contributed by atoms with Gasteiger partial charge < -0.3 is 41.0 Å². The van der Waals surface area contributed by atoms with Crippen molar-refractivity contribution in [3.05, 3.63) is 95.7 Å². The maximum atomic E-state index is 13.8. The van der Waals surface area contributed by atoms with Gasteiger partial charge in [-0.1, -0.05) is 42.5 Å². The van der Waals surface area contributed by atoms with Gasteiger partial charge in [-0.25, -0.2) is 0 Å². The van der Waals surface area contributed by atoms with E-state index in [4.69, 9.17) is 9.47 Å². The Kier molecular flexibility index (Phi) is 10.0. The van der Waals surface area contributed by atoms with Crippen molar-refractivity contribution in [2.75, 3.05) is 20.3 Å². The third kappa shape index (κ3) is 8.05. The number of rotatable bonds is 5. The molecule has 1 fully saturated rings. The highest BCUT2D eigenvalue weighted by atomic mass is 16.5. The Morgan fingerprint density at radius 2 is 1.68 bits per heavy atom. The van der Waals surface area contributed by atoms with Gasteiger partial charge in [0.25, 0.3) is 5.91 Å². The number of hydrogen-bond acceptors (Lipinski definition) is 7. The van der Waals surface area contributed by atoms with Gasteiger partial charge in [0.1, 0.15) is 47.5 Å². The van der Waals surface area contributed by atoms with E-state index in [9.17, 15) is 24.0 Å². The van der Waals surface area contributed by atoms with Crippen molar-refractivity contribution in [3.63, 3.8) is 0 Å². The van der Waals surface area contributed by atoms with E-state index in [-0.39, 0.29) is 37.6 Å². The van der Waals surface area contributed by atoms with Gasteiger partial charge in [-0.15, -0.1) is 0 Å². The molecular weight excluding hydrogens is 640 g/mol. The van der Waals surface area contributed by atoms with Gasteiger partial charge in [0, 0.05) is 23.7 Å². The smallest absolute Gasteiger partial charge is 0.268 e. The van der Waals surface area contributed by atoms with Crippen LogP contribution in [0.2, 0.25) is 0 Å². The van der Waals surface area contributed by atoms with E-state index in [2.05, 4.69) is 31.6 Å². The SMILES string of the molecule is COc1ccc2[nH]c(C(=O)N[C@H]3Cc4ccc(cc4)OCCNC(=O)C4(CC4)NC(=O)[C@@H](Cc4ccccc4)NC(=O)[C@H](C)NC3=O)cc2c1. The average Bonchev–Trinajstić information content (AvgIpc) is 3.77. The van der Waals surface area contributed by atoms with Crippen LogP contribution < -0.4 is 36.1 Å². The predicted octanol–water partition coefficient (Wildman–Crippen LogP) is 1.91. The zero-order chi connectivity index (χ0) is 35.3. The number of methoxy groups -OCH3 is 1. The molecule has 2 bridgehead atoms. The van der Waals surface area contributed by atoms with Gasteiger partial charge in [0.05, 0.1) is 13.7 Å². The number of fused-ring (bicyclic) bond motifs is 16. The van der Waals surface area contributed by atoms with Crippen molar-refractivity contribution in [1.29, 1.82) is 0 Å². The molecule has 1 spiro atoms. The molecule has 13 heteroatoms. The molecule has 1 aliphatic carbocycles. The molecule has 0 saturated heterocycles. The van der Waals surface area contributed by atoms with Crippen LogP contribution in [0, 0.1) is 0 Å². The van der Waals surface area contributed by atoms with Crippen LogP contribution in [0.15, 0.2) is 78.9 Å². The van der Waals surface area contributed by atoms with Gasteiger partial charge in [0.15, 0.2) is 0 Å². The van der Waals surface area contributed by atoms with E-state index in [1.165, 1.54) is 6.92 Å². The van der Waals surface area contributed by atoms with Crippen LogP contribution in [0.3, 0.4) is 0 Å². The molecule has 3 aromatic carbocycles. The highest BCUT2D eigenvalue weighted by Gasteiger charge is 2.51. The molecule has 3 atom stereocenters. The monoisotopic (exact) mass is 680 g/mol. The number of aromatic amines is 1. The molecule has 1 saturated carbocycles. The second-order valence-corrected chi connectivity index (χ2v) is 12.7. The van der Waals surface area contributed by atoms with Crippen molar-refractivity contribution in [3.8, 4) is 11.5 Å². The number of ether oxygens (including phenoxy) is 2. The first kappa shape index (κ1) is 34.0. The number of nitrogens with one attached hydrogen (secondary N) is 6. The van der Waals surface area contributed by atoms with E-state index < -0.39 is 47.3 Å². The number of amides is 5. The van der Waals surface area contributed by atoms with Crippen LogP contribution in [-0.4, -0.2) is 78.4 Å². The minimum Gasteiger partial charge on any atom is -0.497 e. The Hall–Kier alpha value is -5.85. The van der Waals surface area contributed by atoms with Crippen molar-refractivity contribution < 1.29 is 33.4 Å². The molecule has 7 rings (SSSR count). The maximum absolute atomic E-state index is 13.8. The molecule has 260 valence electrons. The molecule has 1 aromatic heterocycles. The van der Waals surface area contributed by atoms with Crippen LogP contribution >= 0.6 is 0 Å². The van der Waals surface area contributed by atoms with E-state index in [1.54, 1.807) is 55.6 Å². The first-order valence-electron chi connectivity index (χ1n) is 16.6.